The van der Waals surface area contributed by atoms with E-state index >= 15 is 0 Å². The number of hydrogen-bond acceptors (Lipinski definition) is 8. The molecule has 1 saturated heterocycles. The molecule has 2 aliphatic rings. The van der Waals surface area contributed by atoms with E-state index in [1.807, 2.05) is 77.7 Å². The number of ether oxygens (including phenoxy) is 1. The normalized spacial score (nSPS) is 15.5. The Hall–Kier alpha value is -5.49. The van der Waals surface area contributed by atoms with Crippen molar-refractivity contribution >= 4 is 28.6 Å². The molecule has 11 nitrogen and oxygen atoms in total. The van der Waals surface area contributed by atoms with Crippen LogP contribution < -0.4 is 16.2 Å². The third-order valence-corrected chi connectivity index (χ3v) is 9.72. The quantitative estimate of drug-likeness (QED) is 0.124. The number of pyridine rings is 1. The largest absolute Gasteiger partial charge is 0.506 e. The number of fused-ring (bicyclic) bond motifs is 2. The van der Waals surface area contributed by atoms with Crippen molar-refractivity contribution in [3.05, 3.63) is 130 Å². The lowest BCUT2D eigenvalue weighted by Gasteiger charge is -2.32. The van der Waals surface area contributed by atoms with Crippen molar-refractivity contribution in [1.82, 2.24) is 20.1 Å². The highest BCUT2D eigenvalue weighted by Crippen LogP contribution is 2.30. The summed E-state index contributed by atoms with van der Waals surface area (Å²) in [7, 11) is 0. The lowest BCUT2D eigenvalue weighted by Crippen LogP contribution is -2.42. The number of likely N-dealkylation sites (tertiary alicyclic amines) is 1. The lowest BCUT2D eigenvalue weighted by atomic mass is 10.0. The Morgan fingerprint density at radius 3 is 2.51 bits per heavy atom. The Balaban J connectivity index is 0.851. The molecule has 4 aromatic carbocycles. The van der Waals surface area contributed by atoms with Crippen molar-refractivity contribution in [2.24, 2.45) is 0 Å². The number of piperidine rings is 1. The van der Waals surface area contributed by atoms with Crippen molar-refractivity contribution in [2.45, 2.75) is 38.1 Å². The molecule has 1 fully saturated rings. The van der Waals surface area contributed by atoms with Gasteiger partial charge in [0.2, 0.25) is 5.56 Å². The first-order valence-corrected chi connectivity index (χ1v) is 17.3. The predicted octanol–water partition coefficient (Wildman–Crippen LogP) is 5.39. The zero-order chi connectivity index (χ0) is 35.3. The summed E-state index contributed by atoms with van der Waals surface area (Å²) in [6.45, 7) is 4.24. The number of nitrogens with one attached hydrogen (secondary N) is 3. The Kier molecular flexibility index (Phi) is 10.1. The Morgan fingerprint density at radius 2 is 1.69 bits per heavy atom. The van der Waals surface area contributed by atoms with Crippen LogP contribution in [0.25, 0.3) is 22.0 Å². The smallest absolute Gasteiger partial charge is 0.411 e. The average molecular weight is 688 g/mol. The van der Waals surface area contributed by atoms with E-state index in [1.165, 1.54) is 12.1 Å². The number of hydrogen-bond donors (Lipinski definition) is 5. The molecule has 2 aliphatic heterocycles. The first-order valence-electron chi connectivity index (χ1n) is 17.3. The van der Waals surface area contributed by atoms with Gasteiger partial charge in [-0.3, -0.25) is 14.9 Å². The number of aromatic amines is 1. The molecule has 11 heteroatoms. The third kappa shape index (κ3) is 7.81. The molecule has 0 bridgehead atoms. The van der Waals surface area contributed by atoms with E-state index in [-0.39, 0.29) is 29.9 Å². The number of H-pyrrole nitrogens is 1. The fourth-order valence-electron chi connectivity index (χ4n) is 7.00. The van der Waals surface area contributed by atoms with Crippen LogP contribution in [-0.2, 0) is 17.8 Å². The molecule has 3 heterocycles. The minimum absolute atomic E-state index is 0.0304. The second-order valence-electron chi connectivity index (χ2n) is 13.1. The average Bonchev–Trinajstić information content (AvgIpc) is 3.46. The SMILES string of the molecule is O=C(Nc1ccccc1-c1ccccc1)OC1CCN(CCN2Cc3cc(CNC[C@H](O)c4ccc(O)c5[nH]c(=O)ccc45)ccc3C2=O)CC1. The number of aliphatic hydroxyl groups excluding tert-OH is 1. The van der Waals surface area contributed by atoms with Crippen molar-refractivity contribution in [3.63, 3.8) is 0 Å². The van der Waals surface area contributed by atoms with E-state index < -0.39 is 12.2 Å². The molecular formula is C40H41N5O6. The summed E-state index contributed by atoms with van der Waals surface area (Å²) < 4.78 is 5.79. The number of benzene rings is 4. The molecule has 1 atom stereocenters. The van der Waals surface area contributed by atoms with Crippen LogP contribution in [-0.4, -0.2) is 75.8 Å². The van der Waals surface area contributed by atoms with Crippen LogP contribution in [0.15, 0.2) is 102 Å². The number of phenols is 1. The molecule has 262 valence electrons. The maximum Gasteiger partial charge on any atom is 0.411 e. The predicted molar refractivity (Wildman–Crippen MR) is 196 cm³/mol. The van der Waals surface area contributed by atoms with Gasteiger partial charge >= 0.3 is 6.09 Å². The number of carbonyl (C=O) groups excluding carboxylic acids is 2. The highest BCUT2D eigenvalue weighted by atomic mass is 16.6. The van der Waals surface area contributed by atoms with E-state index in [9.17, 15) is 24.6 Å². The molecule has 0 aliphatic carbocycles. The van der Waals surface area contributed by atoms with Gasteiger partial charge in [-0.25, -0.2) is 4.79 Å². The highest BCUT2D eigenvalue weighted by molar-refractivity contribution is 5.98. The van der Waals surface area contributed by atoms with Crippen molar-refractivity contribution in [3.8, 4) is 16.9 Å². The molecule has 5 N–H and O–H groups in total. The summed E-state index contributed by atoms with van der Waals surface area (Å²) in [6, 6.07) is 29.6. The maximum absolute atomic E-state index is 13.2. The van der Waals surface area contributed by atoms with E-state index in [2.05, 4.69) is 20.5 Å². The minimum Gasteiger partial charge on any atom is -0.506 e. The van der Waals surface area contributed by atoms with Gasteiger partial charge < -0.3 is 35.1 Å². The number of aromatic nitrogens is 1. The van der Waals surface area contributed by atoms with Gasteiger partial charge in [0.1, 0.15) is 11.9 Å². The Morgan fingerprint density at radius 1 is 0.902 bits per heavy atom. The fraction of sp³-hybridized carbons (Fsp3) is 0.275. The van der Waals surface area contributed by atoms with Gasteiger partial charge in [-0.2, -0.15) is 0 Å². The number of amides is 2. The molecular weight excluding hydrogens is 646 g/mol. The summed E-state index contributed by atoms with van der Waals surface area (Å²) in [5, 5.41) is 27.8. The number of para-hydroxylation sites is 1. The molecule has 0 radical (unpaired) electrons. The van der Waals surface area contributed by atoms with Crippen LogP contribution in [0.2, 0.25) is 0 Å². The second-order valence-corrected chi connectivity index (χ2v) is 13.1. The zero-order valence-corrected chi connectivity index (χ0v) is 28.2. The van der Waals surface area contributed by atoms with Gasteiger partial charge in [-0.1, -0.05) is 66.7 Å². The number of carbonyl (C=O) groups is 2. The van der Waals surface area contributed by atoms with E-state index in [0.29, 0.717) is 41.8 Å². The van der Waals surface area contributed by atoms with Crippen molar-refractivity contribution in [2.75, 3.05) is 38.0 Å². The van der Waals surface area contributed by atoms with Crippen LogP contribution in [0.4, 0.5) is 10.5 Å². The Bertz CT molecular complexity index is 2090. The summed E-state index contributed by atoms with van der Waals surface area (Å²) in [5.41, 5.74) is 5.95. The van der Waals surface area contributed by atoms with Gasteiger partial charge in [0.05, 0.1) is 17.3 Å². The van der Waals surface area contributed by atoms with Gasteiger partial charge in [0, 0.05) is 68.4 Å². The number of phenolic OH excluding ortho intramolecular Hbond substituents is 1. The van der Waals surface area contributed by atoms with Crippen molar-refractivity contribution < 1.29 is 24.5 Å². The third-order valence-electron chi connectivity index (χ3n) is 9.72. The van der Waals surface area contributed by atoms with Crippen LogP contribution in [0, 0.1) is 0 Å². The molecule has 51 heavy (non-hydrogen) atoms. The van der Waals surface area contributed by atoms with Crippen LogP contribution in [0.3, 0.4) is 0 Å². The minimum atomic E-state index is -0.860. The van der Waals surface area contributed by atoms with Crippen LogP contribution >= 0.6 is 0 Å². The van der Waals surface area contributed by atoms with Gasteiger partial charge in [0.25, 0.3) is 5.91 Å². The van der Waals surface area contributed by atoms with Crippen LogP contribution in [0.5, 0.6) is 5.75 Å². The molecule has 0 spiro atoms. The first-order chi connectivity index (χ1) is 24.8. The number of aliphatic hydroxyl groups is 1. The molecule has 7 rings (SSSR count). The van der Waals surface area contributed by atoms with Gasteiger partial charge in [-0.15, -0.1) is 0 Å². The summed E-state index contributed by atoms with van der Waals surface area (Å²) in [4.78, 5) is 44.5. The standard InChI is InChI=1S/C40H41N5O6/c46-35-14-12-32(33-13-15-37(48)43-38(33)35)36(47)24-41-23-26-10-11-31-28(22-26)25-45(39(31)49)21-20-44-18-16-29(17-19-44)51-40(50)42-34-9-5-4-8-30(34)27-6-2-1-3-7-27/h1-15,22,29,36,41,46-47H,16-21,23-25H2,(H,42,50)(H,43,48)/t36-/m0/s1. The Labute approximate surface area is 295 Å². The van der Waals surface area contributed by atoms with Crippen LogP contribution in [0.1, 0.15) is 46.0 Å². The topological polar surface area (TPSA) is 147 Å². The van der Waals surface area contributed by atoms with E-state index in [4.69, 9.17) is 4.74 Å². The summed E-state index contributed by atoms with van der Waals surface area (Å²) in [5.74, 6) is -0.0194. The second kappa shape index (κ2) is 15.2. The zero-order valence-electron chi connectivity index (χ0n) is 28.2. The monoisotopic (exact) mass is 687 g/mol. The highest BCUT2D eigenvalue weighted by Gasteiger charge is 2.29. The van der Waals surface area contributed by atoms with Gasteiger partial charge in [0.15, 0.2) is 0 Å². The van der Waals surface area contributed by atoms with E-state index in [1.54, 1.807) is 12.1 Å². The molecule has 0 saturated carbocycles. The number of aromatic hydroxyl groups is 1. The molecule has 2 amide bonds. The fourth-order valence-corrected chi connectivity index (χ4v) is 7.00. The van der Waals surface area contributed by atoms with Crippen molar-refractivity contribution in [1.29, 1.82) is 0 Å². The van der Waals surface area contributed by atoms with E-state index in [0.717, 1.165) is 60.3 Å². The summed E-state index contributed by atoms with van der Waals surface area (Å²) >= 11 is 0. The molecule has 0 unspecified atom stereocenters. The first kappa shape index (κ1) is 34.0. The lowest BCUT2D eigenvalue weighted by molar-refractivity contribution is 0.0528. The molecule has 5 aromatic rings. The molecule has 1 aromatic heterocycles. The maximum atomic E-state index is 13.2. The number of rotatable bonds is 11. The van der Waals surface area contributed by atoms with Gasteiger partial charge in [-0.05, 0) is 59.4 Å². The summed E-state index contributed by atoms with van der Waals surface area (Å²) in [6.07, 6.45) is -0.0125. The number of nitrogens with zero attached hydrogens (tertiary/aromatic N) is 2. The number of anilines is 1.